The quantitative estimate of drug-likeness (QED) is 0.845. The van der Waals surface area contributed by atoms with Crippen LogP contribution in [0.25, 0.3) is 0 Å². The molecule has 1 aliphatic rings. The van der Waals surface area contributed by atoms with Crippen molar-refractivity contribution >= 4 is 5.97 Å². The molecule has 0 aliphatic carbocycles. The van der Waals surface area contributed by atoms with Crippen molar-refractivity contribution in [2.45, 2.75) is 52.6 Å². The fourth-order valence-electron chi connectivity index (χ4n) is 2.80. The number of fused-ring (bicyclic) bond motifs is 1. The number of carbonyl (C=O) groups excluding carboxylic acids is 1. The van der Waals surface area contributed by atoms with Crippen LogP contribution >= 0.6 is 0 Å². The Kier molecular flexibility index (Phi) is 3.67. The van der Waals surface area contributed by atoms with Gasteiger partial charge < -0.3 is 14.6 Å². The summed E-state index contributed by atoms with van der Waals surface area (Å²) in [6.07, 6.45) is 1.77. The van der Waals surface area contributed by atoms with E-state index in [2.05, 4.69) is 0 Å². The Morgan fingerprint density at radius 1 is 1.30 bits per heavy atom. The summed E-state index contributed by atoms with van der Waals surface area (Å²) in [4.78, 5) is 11.5. The second-order valence-corrected chi connectivity index (χ2v) is 5.84. The summed E-state index contributed by atoms with van der Waals surface area (Å²) >= 11 is 0. The molecule has 0 bridgehead atoms. The number of carbonyl (C=O) groups is 1. The highest BCUT2D eigenvalue weighted by Gasteiger charge is 2.36. The zero-order valence-corrected chi connectivity index (χ0v) is 12.8. The highest BCUT2D eigenvalue weighted by atomic mass is 16.5. The van der Waals surface area contributed by atoms with Gasteiger partial charge in [0.2, 0.25) is 0 Å². The zero-order chi connectivity index (χ0) is 15.1. The summed E-state index contributed by atoms with van der Waals surface area (Å²) in [6, 6.07) is 0. The largest absolute Gasteiger partial charge is 0.507 e. The summed E-state index contributed by atoms with van der Waals surface area (Å²) in [7, 11) is 1.39. The molecular weight excluding hydrogens is 256 g/mol. The molecule has 0 radical (unpaired) electrons. The molecule has 20 heavy (non-hydrogen) atoms. The highest BCUT2D eigenvalue weighted by Crippen LogP contribution is 2.44. The Morgan fingerprint density at radius 3 is 2.55 bits per heavy atom. The van der Waals surface area contributed by atoms with Crippen LogP contribution in [0.2, 0.25) is 0 Å². The molecule has 0 saturated carbocycles. The molecule has 1 N–H and O–H groups in total. The van der Waals surface area contributed by atoms with Crippen molar-refractivity contribution < 1.29 is 19.4 Å². The lowest BCUT2D eigenvalue weighted by Crippen LogP contribution is -2.39. The van der Waals surface area contributed by atoms with Crippen molar-refractivity contribution in [3.05, 3.63) is 22.3 Å². The molecule has 110 valence electrons. The van der Waals surface area contributed by atoms with E-state index >= 15 is 0 Å². The number of rotatable bonds is 2. The molecule has 4 nitrogen and oxygen atoms in total. The molecule has 0 aromatic heterocycles. The normalized spacial score (nSPS) is 21.1. The van der Waals surface area contributed by atoms with Crippen molar-refractivity contribution in [2.75, 3.05) is 7.11 Å². The van der Waals surface area contributed by atoms with Crippen LogP contribution in [0.1, 0.15) is 42.0 Å². The molecule has 0 spiro atoms. The van der Waals surface area contributed by atoms with Crippen LogP contribution in [-0.2, 0) is 16.0 Å². The predicted molar refractivity (Wildman–Crippen MR) is 76.3 cm³/mol. The number of esters is 1. The van der Waals surface area contributed by atoms with Crippen molar-refractivity contribution in [3.63, 3.8) is 0 Å². The number of aromatic hydroxyl groups is 1. The maximum Gasteiger partial charge on any atom is 0.309 e. The third-order valence-corrected chi connectivity index (χ3v) is 4.34. The van der Waals surface area contributed by atoms with Crippen molar-refractivity contribution in [3.8, 4) is 11.5 Å². The summed E-state index contributed by atoms with van der Waals surface area (Å²) in [5.74, 6) is 0.901. The number of phenols is 1. The first-order valence-electron chi connectivity index (χ1n) is 6.86. The molecule has 1 heterocycles. The van der Waals surface area contributed by atoms with Crippen LogP contribution < -0.4 is 4.74 Å². The third-order valence-electron chi connectivity index (χ3n) is 4.34. The van der Waals surface area contributed by atoms with Crippen molar-refractivity contribution in [2.24, 2.45) is 0 Å². The van der Waals surface area contributed by atoms with E-state index in [9.17, 15) is 9.90 Å². The van der Waals surface area contributed by atoms with Gasteiger partial charge >= 0.3 is 5.97 Å². The molecule has 0 amide bonds. The first-order valence-corrected chi connectivity index (χ1v) is 6.86. The van der Waals surface area contributed by atoms with Crippen LogP contribution in [-0.4, -0.2) is 23.8 Å². The Bertz CT molecular complexity index is 562. The number of ether oxygens (including phenoxy) is 2. The first kappa shape index (κ1) is 14.7. The van der Waals surface area contributed by atoms with Crippen LogP contribution in [0.15, 0.2) is 0 Å². The predicted octanol–water partition coefficient (Wildman–Crippen LogP) is 2.96. The van der Waals surface area contributed by atoms with Gasteiger partial charge in [0, 0.05) is 5.56 Å². The SMILES string of the molecule is COC(=O)CC1(C)CCc2c(C)c(O)c(C)c(C)c2O1. The van der Waals surface area contributed by atoms with E-state index in [1.807, 2.05) is 27.7 Å². The molecule has 0 fully saturated rings. The van der Waals surface area contributed by atoms with Crippen LogP contribution in [0.5, 0.6) is 11.5 Å². The number of phenolic OH excluding ortho intramolecular Hbond substituents is 1. The maximum absolute atomic E-state index is 11.5. The van der Waals surface area contributed by atoms with E-state index in [-0.39, 0.29) is 12.4 Å². The van der Waals surface area contributed by atoms with Gasteiger partial charge in [-0.3, -0.25) is 4.79 Å². The second kappa shape index (κ2) is 5.00. The van der Waals surface area contributed by atoms with Gasteiger partial charge in [0.25, 0.3) is 0 Å². The number of hydrogen-bond acceptors (Lipinski definition) is 4. The van der Waals surface area contributed by atoms with E-state index in [1.165, 1.54) is 7.11 Å². The summed E-state index contributed by atoms with van der Waals surface area (Å²) in [5, 5.41) is 10.1. The minimum Gasteiger partial charge on any atom is -0.507 e. The third kappa shape index (κ3) is 2.35. The fourth-order valence-corrected chi connectivity index (χ4v) is 2.80. The lowest BCUT2D eigenvalue weighted by atomic mass is 9.85. The van der Waals surface area contributed by atoms with E-state index in [1.54, 1.807) is 0 Å². The second-order valence-electron chi connectivity index (χ2n) is 5.84. The van der Waals surface area contributed by atoms with Gasteiger partial charge in [-0.05, 0) is 57.2 Å². The van der Waals surface area contributed by atoms with Gasteiger partial charge in [0.05, 0.1) is 13.5 Å². The van der Waals surface area contributed by atoms with Crippen molar-refractivity contribution in [1.29, 1.82) is 0 Å². The average Bonchev–Trinajstić information content (AvgIpc) is 2.42. The van der Waals surface area contributed by atoms with Gasteiger partial charge in [0.15, 0.2) is 0 Å². The monoisotopic (exact) mass is 278 g/mol. The van der Waals surface area contributed by atoms with Crippen LogP contribution in [0, 0.1) is 20.8 Å². The molecule has 0 saturated heterocycles. The topological polar surface area (TPSA) is 55.8 Å². The molecule has 1 unspecified atom stereocenters. The minimum absolute atomic E-state index is 0.237. The summed E-state index contributed by atoms with van der Waals surface area (Å²) < 4.78 is 10.9. The minimum atomic E-state index is -0.541. The lowest BCUT2D eigenvalue weighted by Gasteiger charge is -2.37. The van der Waals surface area contributed by atoms with Crippen LogP contribution in [0.4, 0.5) is 0 Å². The van der Waals surface area contributed by atoms with Crippen LogP contribution in [0.3, 0.4) is 0 Å². The van der Waals surface area contributed by atoms with Gasteiger partial charge in [-0.15, -0.1) is 0 Å². The first-order chi connectivity index (χ1) is 9.29. The maximum atomic E-state index is 11.5. The molecule has 1 aromatic carbocycles. The van der Waals surface area contributed by atoms with E-state index < -0.39 is 5.60 Å². The lowest BCUT2D eigenvalue weighted by molar-refractivity contribution is -0.145. The van der Waals surface area contributed by atoms with Crippen molar-refractivity contribution in [1.82, 2.24) is 0 Å². The Balaban J connectivity index is 2.42. The number of methoxy groups -OCH3 is 1. The number of benzene rings is 1. The molecule has 1 aromatic rings. The smallest absolute Gasteiger partial charge is 0.309 e. The summed E-state index contributed by atoms with van der Waals surface area (Å²) in [6.45, 7) is 7.67. The molecule has 1 atom stereocenters. The van der Waals surface area contributed by atoms with E-state index in [4.69, 9.17) is 9.47 Å². The zero-order valence-electron chi connectivity index (χ0n) is 12.8. The fraction of sp³-hybridized carbons (Fsp3) is 0.562. The summed E-state index contributed by atoms with van der Waals surface area (Å²) in [5.41, 5.74) is 3.17. The number of hydrogen-bond donors (Lipinski definition) is 1. The van der Waals surface area contributed by atoms with Gasteiger partial charge in [-0.25, -0.2) is 0 Å². The van der Waals surface area contributed by atoms with E-state index in [0.29, 0.717) is 5.75 Å². The Morgan fingerprint density at radius 2 is 1.95 bits per heavy atom. The molecular formula is C16H22O4. The van der Waals surface area contributed by atoms with Gasteiger partial charge in [-0.1, -0.05) is 0 Å². The highest BCUT2D eigenvalue weighted by molar-refractivity contribution is 5.71. The average molecular weight is 278 g/mol. The molecule has 4 heteroatoms. The van der Waals surface area contributed by atoms with Gasteiger partial charge in [0.1, 0.15) is 17.1 Å². The standard InChI is InChI=1S/C16H22O4/c1-9-10(2)15-12(11(3)14(9)18)6-7-16(4,20-15)8-13(17)19-5/h18H,6-8H2,1-5H3. The molecule has 2 rings (SSSR count). The van der Waals surface area contributed by atoms with Gasteiger partial charge in [-0.2, -0.15) is 0 Å². The Labute approximate surface area is 119 Å². The van der Waals surface area contributed by atoms with E-state index in [0.717, 1.165) is 40.8 Å². The Hall–Kier alpha value is -1.71. The molecule has 1 aliphatic heterocycles.